The average Bonchev–Trinajstić information content (AvgIpc) is 2.86. The van der Waals surface area contributed by atoms with E-state index >= 15 is 0 Å². The number of thioether (sulfide) groups is 1. The summed E-state index contributed by atoms with van der Waals surface area (Å²) in [7, 11) is 0. The van der Waals surface area contributed by atoms with Crippen molar-refractivity contribution in [3.8, 4) is 0 Å². The number of rotatable bonds is 4. The molecule has 1 aromatic rings. The molecule has 110 valence electrons. The number of carbonyl (C=O) groups excluding carboxylic acids is 1. The summed E-state index contributed by atoms with van der Waals surface area (Å²) >= 11 is 1.44. The fourth-order valence-electron chi connectivity index (χ4n) is 2.77. The average molecular weight is 295 g/mol. The quantitative estimate of drug-likeness (QED) is 0.655. The predicted molar refractivity (Wildman–Crippen MR) is 79.0 cm³/mol. The molecular weight excluding hydrogens is 274 g/mol. The Bertz CT molecular complexity index is 513. The summed E-state index contributed by atoms with van der Waals surface area (Å²) in [5.74, 6) is 0.490. The number of hydrogen-bond donors (Lipinski definition) is 2. The molecule has 0 bridgehead atoms. The van der Waals surface area contributed by atoms with Crippen LogP contribution in [0, 0.1) is 13.8 Å². The first-order valence-corrected chi connectivity index (χ1v) is 8.06. The lowest BCUT2D eigenvalue weighted by molar-refractivity contribution is 0.0833. The van der Waals surface area contributed by atoms with Gasteiger partial charge < -0.3 is 10.4 Å². The molecule has 2 N–H and O–H groups in total. The molecule has 0 spiro atoms. The van der Waals surface area contributed by atoms with Gasteiger partial charge in [0.05, 0.1) is 23.4 Å². The van der Waals surface area contributed by atoms with Crippen molar-refractivity contribution in [2.24, 2.45) is 0 Å². The number of aliphatic hydroxyl groups excluding tert-OH is 1. The van der Waals surface area contributed by atoms with Gasteiger partial charge in [-0.3, -0.25) is 4.79 Å². The van der Waals surface area contributed by atoms with Crippen LogP contribution in [-0.2, 0) is 0 Å². The Labute approximate surface area is 123 Å². The van der Waals surface area contributed by atoms with Crippen LogP contribution in [0.15, 0.2) is 5.03 Å². The molecule has 1 fully saturated rings. The number of aromatic nitrogens is 2. The Balaban J connectivity index is 2.29. The highest BCUT2D eigenvalue weighted by atomic mass is 32.2. The van der Waals surface area contributed by atoms with E-state index in [-0.39, 0.29) is 12.5 Å². The number of nitrogens with zero attached hydrogens (tertiary/aromatic N) is 2. The van der Waals surface area contributed by atoms with Gasteiger partial charge in [-0.15, -0.1) is 11.8 Å². The van der Waals surface area contributed by atoms with E-state index < -0.39 is 5.54 Å². The molecule has 0 saturated heterocycles. The summed E-state index contributed by atoms with van der Waals surface area (Å²) in [6.45, 7) is 3.63. The third-order valence-corrected chi connectivity index (χ3v) is 4.51. The molecule has 0 aromatic carbocycles. The summed E-state index contributed by atoms with van der Waals surface area (Å²) in [5, 5.41) is 13.3. The van der Waals surface area contributed by atoms with E-state index in [0.717, 1.165) is 25.7 Å². The van der Waals surface area contributed by atoms with E-state index in [0.29, 0.717) is 22.1 Å². The van der Waals surface area contributed by atoms with Crippen molar-refractivity contribution in [2.75, 3.05) is 12.9 Å². The monoisotopic (exact) mass is 295 g/mol. The second-order valence-electron chi connectivity index (χ2n) is 5.34. The largest absolute Gasteiger partial charge is 0.394 e. The number of nitrogens with one attached hydrogen (secondary N) is 1. The van der Waals surface area contributed by atoms with Gasteiger partial charge in [0.15, 0.2) is 0 Å². The van der Waals surface area contributed by atoms with Crippen molar-refractivity contribution in [1.82, 2.24) is 15.3 Å². The lowest BCUT2D eigenvalue weighted by Crippen LogP contribution is -2.49. The molecule has 2 rings (SSSR count). The van der Waals surface area contributed by atoms with Gasteiger partial charge in [0.25, 0.3) is 5.91 Å². The number of aliphatic hydroxyl groups is 1. The number of amides is 1. The highest BCUT2D eigenvalue weighted by Crippen LogP contribution is 2.30. The molecule has 1 saturated carbocycles. The zero-order valence-electron chi connectivity index (χ0n) is 12.2. The maximum Gasteiger partial charge on any atom is 0.256 e. The van der Waals surface area contributed by atoms with Crippen molar-refractivity contribution in [3.63, 3.8) is 0 Å². The van der Waals surface area contributed by atoms with Crippen LogP contribution in [0.1, 0.15) is 47.6 Å². The maximum atomic E-state index is 12.6. The van der Waals surface area contributed by atoms with Crippen LogP contribution in [0.2, 0.25) is 0 Å². The van der Waals surface area contributed by atoms with Crippen molar-refractivity contribution >= 4 is 17.7 Å². The van der Waals surface area contributed by atoms with Crippen molar-refractivity contribution < 1.29 is 9.90 Å². The van der Waals surface area contributed by atoms with E-state index in [4.69, 9.17) is 0 Å². The molecule has 1 heterocycles. The topological polar surface area (TPSA) is 75.1 Å². The Kier molecular flexibility index (Phi) is 4.65. The second kappa shape index (κ2) is 6.10. The van der Waals surface area contributed by atoms with Gasteiger partial charge in [0.2, 0.25) is 0 Å². The molecule has 20 heavy (non-hydrogen) atoms. The Morgan fingerprint density at radius 3 is 2.55 bits per heavy atom. The molecule has 6 heteroatoms. The van der Waals surface area contributed by atoms with Crippen LogP contribution in [0.4, 0.5) is 0 Å². The zero-order chi connectivity index (χ0) is 14.8. The summed E-state index contributed by atoms with van der Waals surface area (Å²) in [6.07, 6.45) is 5.64. The van der Waals surface area contributed by atoms with Crippen LogP contribution in [0.5, 0.6) is 0 Å². The number of hydrogen-bond acceptors (Lipinski definition) is 5. The molecule has 0 radical (unpaired) electrons. The normalized spacial score (nSPS) is 17.2. The highest BCUT2D eigenvalue weighted by molar-refractivity contribution is 7.98. The van der Waals surface area contributed by atoms with Crippen molar-refractivity contribution in [3.05, 3.63) is 17.1 Å². The van der Waals surface area contributed by atoms with Crippen LogP contribution in [-0.4, -0.2) is 39.4 Å². The van der Waals surface area contributed by atoms with Gasteiger partial charge >= 0.3 is 0 Å². The fourth-order valence-corrected chi connectivity index (χ4v) is 3.44. The SMILES string of the molecule is CSc1nc(C)nc(C)c1C(=O)NC1(CO)CCCC1. The van der Waals surface area contributed by atoms with Gasteiger partial charge in [-0.25, -0.2) is 9.97 Å². The standard InChI is InChI=1S/C14H21N3O2S/c1-9-11(13(20-3)16-10(2)15-9)12(19)17-14(8-18)6-4-5-7-14/h18H,4-8H2,1-3H3,(H,17,19). The Hall–Kier alpha value is -1.14. The summed E-state index contributed by atoms with van der Waals surface area (Å²) < 4.78 is 0. The van der Waals surface area contributed by atoms with Gasteiger partial charge in [0.1, 0.15) is 10.9 Å². The van der Waals surface area contributed by atoms with Gasteiger partial charge in [-0.1, -0.05) is 12.8 Å². The second-order valence-corrected chi connectivity index (χ2v) is 6.14. The van der Waals surface area contributed by atoms with E-state index in [1.54, 1.807) is 0 Å². The minimum Gasteiger partial charge on any atom is -0.394 e. The van der Waals surface area contributed by atoms with Crippen LogP contribution in [0.25, 0.3) is 0 Å². The third kappa shape index (κ3) is 2.96. The Morgan fingerprint density at radius 2 is 2.00 bits per heavy atom. The van der Waals surface area contributed by atoms with E-state index in [2.05, 4.69) is 15.3 Å². The van der Waals surface area contributed by atoms with Crippen LogP contribution < -0.4 is 5.32 Å². The first-order chi connectivity index (χ1) is 9.51. The van der Waals surface area contributed by atoms with E-state index in [1.807, 2.05) is 20.1 Å². The maximum absolute atomic E-state index is 12.6. The molecule has 1 aromatic heterocycles. The smallest absolute Gasteiger partial charge is 0.256 e. The van der Waals surface area contributed by atoms with Gasteiger partial charge in [0, 0.05) is 0 Å². The molecule has 1 aliphatic carbocycles. The Morgan fingerprint density at radius 1 is 1.35 bits per heavy atom. The first kappa shape index (κ1) is 15.3. The molecule has 0 unspecified atom stereocenters. The van der Waals surface area contributed by atoms with Crippen LogP contribution >= 0.6 is 11.8 Å². The summed E-state index contributed by atoms with van der Waals surface area (Å²) in [5.41, 5.74) is 0.748. The van der Waals surface area contributed by atoms with Gasteiger partial charge in [-0.05, 0) is 32.9 Å². The lowest BCUT2D eigenvalue weighted by atomic mass is 9.98. The summed E-state index contributed by atoms with van der Waals surface area (Å²) in [4.78, 5) is 21.2. The minimum absolute atomic E-state index is 0.0148. The fraction of sp³-hybridized carbons (Fsp3) is 0.643. The number of aryl methyl sites for hydroxylation is 2. The molecule has 0 aliphatic heterocycles. The lowest BCUT2D eigenvalue weighted by Gasteiger charge is -2.28. The minimum atomic E-state index is -0.468. The number of carbonyl (C=O) groups is 1. The summed E-state index contributed by atoms with van der Waals surface area (Å²) in [6, 6.07) is 0. The van der Waals surface area contributed by atoms with E-state index in [9.17, 15) is 9.90 Å². The third-order valence-electron chi connectivity index (χ3n) is 3.83. The van der Waals surface area contributed by atoms with Crippen molar-refractivity contribution in [2.45, 2.75) is 50.1 Å². The molecule has 0 atom stereocenters. The molecule has 1 aliphatic rings. The zero-order valence-corrected chi connectivity index (χ0v) is 13.0. The molecular formula is C14H21N3O2S. The highest BCUT2D eigenvalue weighted by Gasteiger charge is 2.35. The van der Waals surface area contributed by atoms with Gasteiger partial charge in [-0.2, -0.15) is 0 Å². The van der Waals surface area contributed by atoms with Crippen molar-refractivity contribution in [1.29, 1.82) is 0 Å². The van der Waals surface area contributed by atoms with Crippen LogP contribution in [0.3, 0.4) is 0 Å². The van der Waals surface area contributed by atoms with E-state index in [1.165, 1.54) is 11.8 Å². The molecule has 5 nitrogen and oxygen atoms in total. The molecule has 1 amide bonds. The first-order valence-electron chi connectivity index (χ1n) is 6.84. The predicted octanol–water partition coefficient (Wildman–Crippen LogP) is 1.85.